The second-order valence-electron chi connectivity index (χ2n) is 6.32. The van der Waals surface area contributed by atoms with E-state index in [1.165, 1.54) is 0 Å². The van der Waals surface area contributed by atoms with Crippen molar-refractivity contribution in [2.45, 2.75) is 26.4 Å². The molecular weight excluding hydrogens is 413 g/mol. The average Bonchev–Trinajstić information content (AvgIpc) is 2.90. The number of ether oxygens (including phenoxy) is 1. The minimum Gasteiger partial charge on any atom is -0.474 e. The number of anilines is 1. The topological polar surface area (TPSA) is 94.3 Å². The fourth-order valence-corrected chi connectivity index (χ4v) is 3.44. The summed E-state index contributed by atoms with van der Waals surface area (Å²) in [6.07, 6.45) is 3.13. The normalized spacial score (nSPS) is 11.9. The van der Waals surface area contributed by atoms with Gasteiger partial charge in [0.25, 0.3) is 0 Å². The van der Waals surface area contributed by atoms with Gasteiger partial charge >= 0.3 is 0 Å². The molecular formula is C17H17Cl2N3O4S. The summed E-state index contributed by atoms with van der Waals surface area (Å²) < 4.78 is 35.9. The van der Waals surface area contributed by atoms with Crippen molar-refractivity contribution < 1.29 is 17.7 Å². The monoisotopic (exact) mass is 429 g/mol. The molecule has 0 aliphatic heterocycles. The molecule has 2 aromatic heterocycles. The first-order chi connectivity index (χ1) is 12.6. The van der Waals surface area contributed by atoms with E-state index in [1.54, 1.807) is 24.4 Å². The minimum atomic E-state index is -3.48. The van der Waals surface area contributed by atoms with Crippen LogP contribution in [-0.4, -0.2) is 30.9 Å². The molecule has 0 fully saturated rings. The summed E-state index contributed by atoms with van der Waals surface area (Å²) in [6.45, 7) is 3.79. The lowest BCUT2D eigenvalue weighted by molar-refractivity contribution is 0.232. The van der Waals surface area contributed by atoms with Gasteiger partial charge < -0.3 is 9.26 Å². The Morgan fingerprint density at radius 2 is 1.96 bits per heavy atom. The number of aromatic nitrogens is 2. The van der Waals surface area contributed by atoms with Gasteiger partial charge in [0.2, 0.25) is 15.9 Å². The van der Waals surface area contributed by atoms with Crippen molar-refractivity contribution in [2.75, 3.05) is 11.0 Å². The Morgan fingerprint density at radius 3 is 2.59 bits per heavy atom. The highest BCUT2D eigenvalue weighted by atomic mass is 35.5. The van der Waals surface area contributed by atoms with E-state index in [9.17, 15) is 8.42 Å². The molecule has 3 aromatic rings. The van der Waals surface area contributed by atoms with Crippen molar-refractivity contribution in [3.63, 3.8) is 0 Å². The number of fused-ring (bicyclic) bond motifs is 1. The highest BCUT2D eigenvalue weighted by Crippen LogP contribution is 2.32. The molecule has 1 aromatic carbocycles. The molecule has 144 valence electrons. The molecule has 0 aliphatic carbocycles. The van der Waals surface area contributed by atoms with Crippen molar-refractivity contribution in [1.82, 2.24) is 10.1 Å². The van der Waals surface area contributed by atoms with Crippen LogP contribution in [0.25, 0.3) is 11.0 Å². The Balaban J connectivity index is 1.89. The standard InChI is InChI=1S/C17H17Cl2N3O4S/c1-9(2)25-17-14(19)5-10(8-20-17)4-11-6-15-12(7-13(11)18)16(21-26-15)22-27(3,23)24/h5-9H,4H2,1-3H3,(H,21,22). The van der Waals surface area contributed by atoms with Crippen LogP contribution in [-0.2, 0) is 16.4 Å². The molecule has 27 heavy (non-hydrogen) atoms. The highest BCUT2D eigenvalue weighted by Gasteiger charge is 2.16. The van der Waals surface area contributed by atoms with Crippen molar-refractivity contribution in [3.8, 4) is 5.88 Å². The van der Waals surface area contributed by atoms with Gasteiger partial charge in [0.1, 0.15) is 5.02 Å². The Labute approximate surface area is 166 Å². The van der Waals surface area contributed by atoms with Gasteiger partial charge in [-0.15, -0.1) is 0 Å². The summed E-state index contributed by atoms with van der Waals surface area (Å²) in [7, 11) is -3.48. The molecule has 0 spiro atoms. The zero-order valence-corrected chi connectivity index (χ0v) is 17.1. The number of pyridine rings is 1. The summed E-state index contributed by atoms with van der Waals surface area (Å²) in [4.78, 5) is 4.24. The van der Waals surface area contributed by atoms with Crippen molar-refractivity contribution in [2.24, 2.45) is 0 Å². The van der Waals surface area contributed by atoms with Crippen LogP contribution < -0.4 is 9.46 Å². The lowest BCUT2D eigenvalue weighted by Gasteiger charge is -2.11. The Hall–Kier alpha value is -2.03. The molecule has 1 N–H and O–H groups in total. The van der Waals surface area contributed by atoms with E-state index in [4.69, 9.17) is 32.5 Å². The van der Waals surface area contributed by atoms with Crippen LogP contribution >= 0.6 is 23.2 Å². The van der Waals surface area contributed by atoms with Gasteiger partial charge in [-0.05, 0) is 43.2 Å². The van der Waals surface area contributed by atoms with Crippen LogP contribution in [0, 0.1) is 0 Å². The van der Waals surface area contributed by atoms with E-state index in [1.807, 2.05) is 13.8 Å². The molecule has 0 aliphatic rings. The third kappa shape index (κ3) is 4.82. The number of benzene rings is 1. The van der Waals surface area contributed by atoms with Crippen molar-refractivity contribution >= 4 is 50.0 Å². The van der Waals surface area contributed by atoms with Crippen LogP contribution in [0.1, 0.15) is 25.0 Å². The predicted octanol–water partition coefficient (Wildman–Crippen LogP) is 4.28. The minimum absolute atomic E-state index is 0.0288. The number of nitrogens with zero attached hydrogens (tertiary/aromatic N) is 2. The SMILES string of the molecule is CC(C)Oc1ncc(Cc2cc3onc(NS(C)(=O)=O)c3cc2Cl)cc1Cl. The van der Waals surface area contributed by atoms with Gasteiger partial charge in [-0.3, -0.25) is 4.72 Å². The largest absolute Gasteiger partial charge is 0.474 e. The number of halogens is 2. The van der Waals surface area contributed by atoms with Crippen molar-refractivity contribution in [3.05, 3.63) is 45.6 Å². The van der Waals surface area contributed by atoms with E-state index in [2.05, 4.69) is 14.9 Å². The van der Waals surface area contributed by atoms with Gasteiger partial charge in [0, 0.05) is 17.6 Å². The fraction of sp³-hybridized carbons (Fsp3) is 0.294. The summed E-state index contributed by atoms with van der Waals surface area (Å²) in [6, 6.07) is 5.09. The molecule has 0 atom stereocenters. The smallest absolute Gasteiger partial charge is 0.232 e. The Kier molecular flexibility index (Phi) is 5.50. The Morgan fingerprint density at radius 1 is 1.22 bits per heavy atom. The van der Waals surface area contributed by atoms with Crippen LogP contribution in [0.3, 0.4) is 0 Å². The second kappa shape index (κ2) is 7.53. The van der Waals surface area contributed by atoms with Gasteiger partial charge in [0.05, 0.1) is 17.7 Å². The molecule has 0 bridgehead atoms. The molecule has 0 radical (unpaired) electrons. The lowest BCUT2D eigenvalue weighted by Crippen LogP contribution is -2.09. The Bertz CT molecular complexity index is 1100. The van der Waals surface area contributed by atoms with E-state index < -0.39 is 10.0 Å². The summed E-state index contributed by atoms with van der Waals surface area (Å²) in [5.74, 6) is 0.476. The fourth-order valence-electron chi connectivity index (χ4n) is 2.48. The molecule has 0 unspecified atom stereocenters. The average molecular weight is 430 g/mol. The quantitative estimate of drug-likeness (QED) is 0.628. The number of nitrogens with one attached hydrogen (secondary N) is 1. The van der Waals surface area contributed by atoms with Crippen LogP contribution in [0.5, 0.6) is 5.88 Å². The summed E-state index contributed by atoms with van der Waals surface area (Å²) in [5.41, 5.74) is 2.02. The zero-order chi connectivity index (χ0) is 19.8. The number of sulfonamides is 1. The predicted molar refractivity (Wildman–Crippen MR) is 105 cm³/mol. The number of hydrogen-bond donors (Lipinski definition) is 1. The van der Waals surface area contributed by atoms with Crippen LogP contribution in [0.4, 0.5) is 5.82 Å². The van der Waals surface area contributed by atoms with Crippen molar-refractivity contribution in [1.29, 1.82) is 0 Å². The first-order valence-corrected chi connectivity index (χ1v) is 10.6. The highest BCUT2D eigenvalue weighted by molar-refractivity contribution is 7.92. The van der Waals surface area contributed by atoms with E-state index in [0.717, 1.165) is 17.4 Å². The van der Waals surface area contributed by atoms with Gasteiger partial charge in [-0.25, -0.2) is 13.4 Å². The molecule has 7 nitrogen and oxygen atoms in total. The molecule has 0 saturated carbocycles. The third-order valence-electron chi connectivity index (χ3n) is 3.53. The first-order valence-electron chi connectivity index (χ1n) is 7.99. The molecule has 0 amide bonds. The first kappa shape index (κ1) is 19.7. The van der Waals surface area contributed by atoms with E-state index in [-0.39, 0.29) is 11.9 Å². The molecule has 0 saturated heterocycles. The van der Waals surface area contributed by atoms with Crippen LogP contribution in [0.15, 0.2) is 28.9 Å². The zero-order valence-electron chi connectivity index (χ0n) is 14.8. The molecule has 2 heterocycles. The second-order valence-corrected chi connectivity index (χ2v) is 8.88. The maximum absolute atomic E-state index is 11.4. The van der Waals surface area contributed by atoms with Gasteiger partial charge in [-0.2, -0.15) is 0 Å². The third-order valence-corrected chi connectivity index (χ3v) is 4.71. The maximum Gasteiger partial charge on any atom is 0.232 e. The van der Waals surface area contributed by atoms with Gasteiger partial charge in [-0.1, -0.05) is 28.4 Å². The number of rotatable bonds is 6. The maximum atomic E-state index is 11.4. The van der Waals surface area contributed by atoms with E-state index >= 15 is 0 Å². The molecule has 3 rings (SSSR count). The molecule has 10 heteroatoms. The summed E-state index contributed by atoms with van der Waals surface area (Å²) >= 11 is 12.6. The lowest BCUT2D eigenvalue weighted by atomic mass is 10.1. The van der Waals surface area contributed by atoms with Crippen LogP contribution in [0.2, 0.25) is 10.0 Å². The van der Waals surface area contributed by atoms with Gasteiger partial charge in [0.15, 0.2) is 11.4 Å². The summed E-state index contributed by atoms with van der Waals surface area (Å²) in [5, 5.41) is 5.09. The number of hydrogen-bond acceptors (Lipinski definition) is 6. The van der Waals surface area contributed by atoms with E-state index in [0.29, 0.717) is 33.3 Å².